The molecule has 0 spiro atoms. The van der Waals surface area contributed by atoms with Crippen LogP contribution in [0.15, 0.2) is 24.3 Å². The van der Waals surface area contributed by atoms with E-state index in [-0.39, 0.29) is 24.3 Å². The molecule has 2 amide bonds. The van der Waals surface area contributed by atoms with Crippen LogP contribution >= 0.6 is 0 Å². The molecule has 2 aliphatic heterocycles. The molecule has 0 radical (unpaired) electrons. The Morgan fingerprint density at radius 1 is 1.07 bits per heavy atom. The lowest BCUT2D eigenvalue weighted by Crippen LogP contribution is -2.65. The molecule has 2 heterocycles. The zero-order valence-corrected chi connectivity index (χ0v) is 16.5. The fourth-order valence-corrected chi connectivity index (χ4v) is 4.58. The highest BCUT2D eigenvalue weighted by atomic mass is 16.5. The van der Waals surface area contributed by atoms with Gasteiger partial charge in [0.05, 0.1) is 19.6 Å². The number of carbonyl (C=O) groups excluding carboxylic acids is 2. The minimum Gasteiger partial charge on any atom is -0.497 e. The third-order valence-electron chi connectivity index (χ3n) is 6.27. The molecule has 4 rings (SSSR count). The number of carbonyl (C=O) groups is 2. The Labute approximate surface area is 166 Å². The Kier molecular flexibility index (Phi) is 5.71. The summed E-state index contributed by atoms with van der Waals surface area (Å²) in [6, 6.07) is 8.17. The average molecular weight is 386 g/mol. The van der Waals surface area contributed by atoms with Crippen molar-refractivity contribution >= 4 is 17.5 Å². The van der Waals surface area contributed by atoms with Crippen LogP contribution in [-0.2, 0) is 9.59 Å². The summed E-state index contributed by atoms with van der Waals surface area (Å²) in [4.78, 5) is 29.3. The van der Waals surface area contributed by atoms with Gasteiger partial charge < -0.3 is 25.2 Å². The second kappa shape index (κ2) is 8.39. The molecule has 3 fully saturated rings. The minimum atomic E-state index is -0.397. The number of rotatable bonds is 4. The number of nitrogens with zero attached hydrogens (tertiary/aromatic N) is 2. The van der Waals surface area contributed by atoms with Crippen LogP contribution in [0.5, 0.6) is 5.75 Å². The van der Waals surface area contributed by atoms with Crippen LogP contribution in [0.4, 0.5) is 5.69 Å². The maximum atomic E-state index is 12.8. The predicted octanol–water partition coefficient (Wildman–Crippen LogP) is 1.13. The van der Waals surface area contributed by atoms with Gasteiger partial charge in [0, 0.05) is 44.0 Å². The Morgan fingerprint density at radius 3 is 2.43 bits per heavy atom. The highest BCUT2D eigenvalue weighted by Gasteiger charge is 2.37. The number of ether oxygens (including phenoxy) is 1. The second-order valence-corrected chi connectivity index (χ2v) is 8.00. The van der Waals surface area contributed by atoms with E-state index >= 15 is 0 Å². The number of hydrogen-bond acceptors (Lipinski definition) is 5. The zero-order chi connectivity index (χ0) is 19.5. The number of nitrogens with one attached hydrogen (secondary N) is 2. The van der Waals surface area contributed by atoms with Crippen molar-refractivity contribution in [1.82, 2.24) is 15.5 Å². The Bertz CT molecular complexity index is 700. The summed E-state index contributed by atoms with van der Waals surface area (Å²) < 4.78 is 5.21. The first-order valence-corrected chi connectivity index (χ1v) is 10.4. The van der Waals surface area contributed by atoms with E-state index in [1.165, 1.54) is 12.8 Å². The maximum Gasteiger partial charge on any atom is 0.237 e. The summed E-state index contributed by atoms with van der Waals surface area (Å²) >= 11 is 0. The van der Waals surface area contributed by atoms with Crippen molar-refractivity contribution in [2.24, 2.45) is 0 Å². The van der Waals surface area contributed by atoms with E-state index in [0.717, 1.165) is 37.4 Å². The second-order valence-electron chi connectivity index (χ2n) is 8.00. The number of hydrogen-bond donors (Lipinski definition) is 2. The molecule has 152 valence electrons. The van der Waals surface area contributed by atoms with Gasteiger partial charge in [-0.2, -0.15) is 0 Å². The lowest BCUT2D eigenvalue weighted by Gasteiger charge is -2.41. The number of fused-ring (bicyclic) bond motifs is 1. The van der Waals surface area contributed by atoms with Gasteiger partial charge in [-0.25, -0.2) is 0 Å². The van der Waals surface area contributed by atoms with Crippen molar-refractivity contribution < 1.29 is 14.3 Å². The average Bonchev–Trinajstić information content (AvgIpc) is 2.74. The van der Waals surface area contributed by atoms with Crippen LogP contribution < -0.4 is 20.3 Å². The Balaban J connectivity index is 1.28. The third kappa shape index (κ3) is 4.09. The largest absolute Gasteiger partial charge is 0.497 e. The summed E-state index contributed by atoms with van der Waals surface area (Å²) in [6.45, 7) is 2.97. The van der Waals surface area contributed by atoms with Crippen LogP contribution in [-0.4, -0.2) is 68.1 Å². The highest BCUT2D eigenvalue weighted by molar-refractivity contribution is 5.89. The van der Waals surface area contributed by atoms with Crippen molar-refractivity contribution in [3.05, 3.63) is 24.3 Å². The molecule has 0 bridgehead atoms. The van der Waals surface area contributed by atoms with Crippen molar-refractivity contribution in [2.75, 3.05) is 38.2 Å². The molecule has 1 aromatic rings. The monoisotopic (exact) mass is 386 g/mol. The predicted molar refractivity (Wildman–Crippen MR) is 108 cm³/mol. The molecule has 1 saturated carbocycles. The smallest absolute Gasteiger partial charge is 0.237 e. The van der Waals surface area contributed by atoms with E-state index in [9.17, 15) is 9.59 Å². The number of piperazine rings is 2. The number of anilines is 1. The summed E-state index contributed by atoms with van der Waals surface area (Å²) in [7, 11) is 1.66. The lowest BCUT2D eigenvalue weighted by molar-refractivity contribution is -0.136. The molecule has 0 unspecified atom stereocenters. The molecular weight excluding hydrogens is 356 g/mol. The fourth-order valence-electron chi connectivity index (χ4n) is 4.58. The van der Waals surface area contributed by atoms with Crippen molar-refractivity contribution in [1.29, 1.82) is 0 Å². The molecule has 7 heteroatoms. The van der Waals surface area contributed by atoms with Crippen molar-refractivity contribution in [3.8, 4) is 5.75 Å². The quantitative estimate of drug-likeness (QED) is 0.812. The molecule has 1 aromatic carbocycles. The van der Waals surface area contributed by atoms with Gasteiger partial charge >= 0.3 is 0 Å². The van der Waals surface area contributed by atoms with Gasteiger partial charge in [0.25, 0.3) is 0 Å². The van der Waals surface area contributed by atoms with Gasteiger partial charge in [-0.3, -0.25) is 9.59 Å². The normalized spacial score (nSPS) is 27.8. The Hall–Kier alpha value is -2.28. The molecule has 3 aliphatic rings. The molecule has 7 nitrogen and oxygen atoms in total. The van der Waals surface area contributed by atoms with Crippen LogP contribution in [0.1, 0.15) is 32.1 Å². The molecule has 2 N–H and O–H groups in total. The zero-order valence-electron chi connectivity index (χ0n) is 16.5. The van der Waals surface area contributed by atoms with E-state index < -0.39 is 6.04 Å². The van der Waals surface area contributed by atoms with E-state index in [1.807, 2.05) is 29.2 Å². The van der Waals surface area contributed by atoms with Gasteiger partial charge in [-0.05, 0) is 37.1 Å². The number of methoxy groups -OCH3 is 1. The molecule has 28 heavy (non-hydrogen) atoms. The molecule has 3 atom stereocenters. The van der Waals surface area contributed by atoms with E-state index in [0.29, 0.717) is 19.1 Å². The first-order valence-electron chi connectivity index (χ1n) is 10.4. The van der Waals surface area contributed by atoms with Crippen LogP contribution in [0.3, 0.4) is 0 Å². The molecule has 1 aliphatic carbocycles. The van der Waals surface area contributed by atoms with E-state index in [4.69, 9.17) is 4.74 Å². The SMILES string of the molecule is COc1ccc(N2CCN(C(=O)C[C@H]3N[C@H]4CCCC[C@@H]4NC3=O)CC2)cc1. The summed E-state index contributed by atoms with van der Waals surface area (Å²) in [6.07, 6.45) is 4.73. The third-order valence-corrected chi connectivity index (χ3v) is 6.27. The van der Waals surface area contributed by atoms with Crippen LogP contribution in [0.25, 0.3) is 0 Å². The van der Waals surface area contributed by atoms with Crippen LogP contribution in [0, 0.1) is 0 Å². The first kappa shape index (κ1) is 19.1. The number of amides is 2. The summed E-state index contributed by atoms with van der Waals surface area (Å²) in [5.41, 5.74) is 1.14. The summed E-state index contributed by atoms with van der Waals surface area (Å²) in [5, 5.41) is 6.56. The topological polar surface area (TPSA) is 73.9 Å². The molecular formula is C21H30N4O3. The Morgan fingerprint density at radius 2 is 1.75 bits per heavy atom. The summed E-state index contributed by atoms with van der Waals surface area (Å²) in [5.74, 6) is 0.890. The van der Waals surface area contributed by atoms with Gasteiger partial charge in [0.2, 0.25) is 11.8 Å². The fraction of sp³-hybridized carbons (Fsp3) is 0.619. The van der Waals surface area contributed by atoms with E-state index in [2.05, 4.69) is 15.5 Å². The maximum absolute atomic E-state index is 12.8. The number of benzene rings is 1. The van der Waals surface area contributed by atoms with Crippen molar-refractivity contribution in [3.63, 3.8) is 0 Å². The van der Waals surface area contributed by atoms with Gasteiger partial charge in [0.15, 0.2) is 0 Å². The highest BCUT2D eigenvalue weighted by Crippen LogP contribution is 2.23. The lowest BCUT2D eigenvalue weighted by atomic mass is 9.87. The van der Waals surface area contributed by atoms with E-state index in [1.54, 1.807) is 7.11 Å². The standard InChI is InChI=1S/C21H30N4O3/c1-28-16-8-6-15(7-9-16)24-10-12-25(13-11-24)20(26)14-19-21(27)23-18-5-3-2-4-17(18)22-19/h6-9,17-19,22H,2-5,10-14H2,1H3,(H,23,27)/t17-,18-,19+/m0/s1. The van der Waals surface area contributed by atoms with Gasteiger partial charge in [0.1, 0.15) is 5.75 Å². The first-order chi connectivity index (χ1) is 13.6. The molecule has 0 aromatic heterocycles. The molecule has 2 saturated heterocycles. The van der Waals surface area contributed by atoms with Crippen molar-refractivity contribution in [2.45, 2.75) is 50.2 Å². The van der Waals surface area contributed by atoms with Gasteiger partial charge in [-0.15, -0.1) is 0 Å². The van der Waals surface area contributed by atoms with Gasteiger partial charge in [-0.1, -0.05) is 12.8 Å². The van der Waals surface area contributed by atoms with Crippen LogP contribution in [0.2, 0.25) is 0 Å². The minimum absolute atomic E-state index is 0.0200.